The fourth-order valence-corrected chi connectivity index (χ4v) is 6.13. The van der Waals surface area contributed by atoms with Crippen LogP contribution >= 0.6 is 11.3 Å². The lowest BCUT2D eigenvalue weighted by Crippen LogP contribution is -2.55. The maximum atomic E-state index is 14.9. The summed E-state index contributed by atoms with van der Waals surface area (Å²) in [5.41, 5.74) is 4.08. The second-order valence-electron chi connectivity index (χ2n) is 10.3. The molecule has 2 atom stereocenters. The van der Waals surface area contributed by atoms with Crippen molar-refractivity contribution in [3.63, 3.8) is 0 Å². The largest absolute Gasteiger partial charge is 0.416 e. The van der Waals surface area contributed by atoms with Crippen molar-refractivity contribution in [3.8, 4) is 0 Å². The van der Waals surface area contributed by atoms with Crippen LogP contribution in [0.4, 0.5) is 28.4 Å². The molecule has 5 rings (SSSR count). The van der Waals surface area contributed by atoms with Crippen LogP contribution in [0.1, 0.15) is 35.3 Å². The lowest BCUT2D eigenvalue weighted by molar-refractivity contribution is -0.138. The van der Waals surface area contributed by atoms with Crippen molar-refractivity contribution in [1.29, 1.82) is 0 Å². The van der Waals surface area contributed by atoms with Gasteiger partial charge in [0, 0.05) is 54.6 Å². The van der Waals surface area contributed by atoms with Gasteiger partial charge in [0.2, 0.25) is 0 Å². The summed E-state index contributed by atoms with van der Waals surface area (Å²) in [6, 6.07) is 10.6. The lowest BCUT2D eigenvalue weighted by atomic mass is 10.1. The van der Waals surface area contributed by atoms with Gasteiger partial charge in [-0.05, 0) is 31.5 Å². The highest BCUT2D eigenvalue weighted by Gasteiger charge is 2.36. The Morgan fingerprint density at radius 1 is 1.07 bits per heavy atom. The molecule has 4 aromatic rings. The van der Waals surface area contributed by atoms with E-state index in [0.29, 0.717) is 25.2 Å². The number of rotatable bonds is 7. The van der Waals surface area contributed by atoms with E-state index < -0.39 is 47.0 Å². The summed E-state index contributed by atoms with van der Waals surface area (Å²) in [7, 11) is 0. The zero-order valence-electron chi connectivity index (χ0n) is 23.0. The van der Waals surface area contributed by atoms with Crippen molar-refractivity contribution in [2.45, 2.75) is 45.2 Å². The number of alkyl halides is 3. The third kappa shape index (κ3) is 5.71. The third-order valence-electron chi connectivity index (χ3n) is 7.61. The minimum absolute atomic E-state index is 0.153. The fourth-order valence-electron chi connectivity index (χ4n) is 5.45. The molecule has 1 aliphatic heterocycles. The maximum Gasteiger partial charge on any atom is 0.416 e. The topological polar surface area (TPSA) is 89.4 Å². The molecule has 2 N–H and O–H groups in total. The predicted octanol–water partition coefficient (Wildman–Crippen LogP) is 4.40. The number of thiazole rings is 1. The Balaban J connectivity index is 1.63. The van der Waals surface area contributed by atoms with Crippen LogP contribution in [-0.2, 0) is 19.3 Å². The van der Waals surface area contributed by atoms with Gasteiger partial charge < -0.3 is 15.5 Å². The van der Waals surface area contributed by atoms with Crippen molar-refractivity contribution in [1.82, 2.24) is 14.1 Å². The summed E-state index contributed by atoms with van der Waals surface area (Å²) in [4.78, 5) is 36.1. The highest BCUT2D eigenvalue weighted by atomic mass is 32.1. The van der Waals surface area contributed by atoms with E-state index in [2.05, 4.69) is 9.88 Å². The van der Waals surface area contributed by atoms with Gasteiger partial charge >= 0.3 is 11.9 Å². The van der Waals surface area contributed by atoms with Crippen molar-refractivity contribution in [2.75, 3.05) is 29.4 Å². The lowest BCUT2D eigenvalue weighted by Gasteiger charge is -2.41. The number of piperazine rings is 1. The van der Waals surface area contributed by atoms with E-state index in [1.165, 1.54) is 18.3 Å². The molecule has 42 heavy (non-hydrogen) atoms. The van der Waals surface area contributed by atoms with Crippen LogP contribution in [0.15, 0.2) is 69.7 Å². The molecule has 222 valence electrons. The number of hydrogen-bond donors (Lipinski definition) is 1. The van der Waals surface area contributed by atoms with Crippen LogP contribution < -0.4 is 26.8 Å². The first-order valence-electron chi connectivity index (χ1n) is 13.4. The van der Waals surface area contributed by atoms with Gasteiger partial charge in [-0.25, -0.2) is 14.2 Å². The maximum absolute atomic E-state index is 14.9. The first-order chi connectivity index (χ1) is 20.0. The van der Waals surface area contributed by atoms with E-state index in [0.717, 1.165) is 32.5 Å². The van der Waals surface area contributed by atoms with Crippen molar-refractivity contribution in [2.24, 2.45) is 5.73 Å². The van der Waals surface area contributed by atoms with Crippen LogP contribution in [0.3, 0.4) is 0 Å². The number of benzene rings is 2. The molecule has 1 saturated heterocycles. The van der Waals surface area contributed by atoms with Crippen LogP contribution in [0, 0.1) is 12.7 Å². The van der Waals surface area contributed by atoms with E-state index >= 15 is 0 Å². The van der Waals surface area contributed by atoms with Gasteiger partial charge in [-0.15, -0.1) is 11.3 Å². The number of aromatic nitrogens is 3. The first-order valence-corrected chi connectivity index (χ1v) is 14.3. The Labute approximate surface area is 243 Å². The van der Waals surface area contributed by atoms with Gasteiger partial charge in [0.05, 0.1) is 18.7 Å². The Kier molecular flexibility index (Phi) is 8.24. The number of nitrogens with zero attached hydrogens (tertiary/aromatic N) is 5. The van der Waals surface area contributed by atoms with Gasteiger partial charge in [0.1, 0.15) is 11.5 Å². The molecule has 0 radical (unpaired) electrons. The average molecular weight is 603 g/mol. The van der Waals surface area contributed by atoms with E-state index in [-0.39, 0.29) is 24.0 Å². The van der Waals surface area contributed by atoms with E-state index in [1.54, 1.807) is 36.5 Å². The van der Waals surface area contributed by atoms with Crippen LogP contribution in [0.25, 0.3) is 0 Å². The second-order valence-corrected chi connectivity index (χ2v) is 11.2. The minimum atomic E-state index is -4.84. The van der Waals surface area contributed by atoms with Gasteiger partial charge in [-0.3, -0.25) is 13.9 Å². The van der Waals surface area contributed by atoms with Crippen LogP contribution in [0.2, 0.25) is 0 Å². The second kappa shape index (κ2) is 11.7. The monoisotopic (exact) mass is 602 g/mol. The zero-order valence-corrected chi connectivity index (χ0v) is 23.8. The summed E-state index contributed by atoms with van der Waals surface area (Å²) in [5, 5.41) is 2.72. The standard InChI is InChI=1S/C29H30F4N6O2S/c1-18-15-36(27-35-11-14-42-27)12-13-37(18)25-19(2)38(16-21-22(29(31,32)33)9-6-10-23(21)30)28(41)39(26(25)40)17-24(34)20-7-4-3-5-8-20/h3-11,14,18,24H,12-13,15-17,34H2,1-2H3/t18?,24-/m0/s1. The first kappa shape index (κ1) is 29.5. The molecule has 0 spiro atoms. The van der Waals surface area contributed by atoms with Gasteiger partial charge in [-0.1, -0.05) is 36.4 Å². The van der Waals surface area contributed by atoms with Crippen molar-refractivity contribution >= 4 is 22.2 Å². The molecule has 0 aliphatic carbocycles. The Morgan fingerprint density at radius 2 is 1.81 bits per heavy atom. The smallest absolute Gasteiger partial charge is 0.359 e. The SMILES string of the molecule is Cc1c(N2CCN(c3nccs3)CC2C)c(=O)n(C[C@H](N)c2ccccc2)c(=O)n1Cc1c(F)cccc1C(F)(F)F. The Morgan fingerprint density at radius 3 is 2.45 bits per heavy atom. The molecular formula is C29H30F4N6O2S. The summed E-state index contributed by atoms with van der Waals surface area (Å²) >= 11 is 1.50. The van der Waals surface area contributed by atoms with Crippen molar-refractivity contribution < 1.29 is 17.6 Å². The molecule has 2 aromatic heterocycles. The molecule has 3 heterocycles. The molecule has 0 amide bonds. The normalized spacial score (nSPS) is 16.6. The predicted molar refractivity (Wildman–Crippen MR) is 155 cm³/mol. The Bertz CT molecular complexity index is 1670. The average Bonchev–Trinajstić information content (AvgIpc) is 3.50. The summed E-state index contributed by atoms with van der Waals surface area (Å²) in [5.74, 6) is -1.10. The number of halogens is 4. The van der Waals surface area contributed by atoms with Gasteiger partial charge in [0.15, 0.2) is 5.13 Å². The third-order valence-corrected chi connectivity index (χ3v) is 8.44. The molecule has 0 saturated carbocycles. The fraction of sp³-hybridized carbons (Fsp3) is 0.345. The van der Waals surface area contributed by atoms with E-state index in [4.69, 9.17) is 5.73 Å². The summed E-state index contributed by atoms with van der Waals surface area (Å²) < 4.78 is 58.5. The van der Waals surface area contributed by atoms with E-state index in [9.17, 15) is 27.2 Å². The molecule has 1 aliphatic rings. The molecule has 13 heteroatoms. The molecular weight excluding hydrogens is 572 g/mol. The minimum Gasteiger partial charge on any atom is -0.359 e. The van der Waals surface area contributed by atoms with E-state index in [1.807, 2.05) is 17.2 Å². The molecule has 2 aromatic carbocycles. The molecule has 1 fully saturated rings. The summed E-state index contributed by atoms with van der Waals surface area (Å²) in [6.07, 6.45) is -3.13. The van der Waals surface area contributed by atoms with Crippen molar-refractivity contribution in [3.05, 3.63) is 109 Å². The summed E-state index contributed by atoms with van der Waals surface area (Å²) in [6.45, 7) is 3.96. The molecule has 1 unspecified atom stereocenters. The quantitative estimate of drug-likeness (QED) is 0.316. The van der Waals surface area contributed by atoms with Gasteiger partial charge in [0.25, 0.3) is 5.56 Å². The highest BCUT2D eigenvalue weighted by molar-refractivity contribution is 7.13. The van der Waals surface area contributed by atoms with Crippen LogP contribution in [0.5, 0.6) is 0 Å². The Hall–Kier alpha value is -3.97. The number of hydrogen-bond acceptors (Lipinski definition) is 7. The van der Waals surface area contributed by atoms with Gasteiger partial charge in [-0.2, -0.15) is 13.2 Å². The highest BCUT2D eigenvalue weighted by Crippen LogP contribution is 2.34. The number of anilines is 2. The zero-order chi connectivity index (χ0) is 30.2. The van der Waals surface area contributed by atoms with Crippen LogP contribution in [-0.4, -0.2) is 39.8 Å². The molecule has 0 bridgehead atoms. The molecule has 8 nitrogen and oxygen atoms in total. The number of nitrogens with two attached hydrogens (primary N) is 1.